The average Bonchev–Trinajstić information content (AvgIpc) is 2.64. The van der Waals surface area contributed by atoms with E-state index >= 15 is 0 Å². The lowest BCUT2D eigenvalue weighted by Crippen LogP contribution is -2.08. The lowest BCUT2D eigenvalue weighted by Gasteiger charge is -2.07. The van der Waals surface area contributed by atoms with Crippen molar-refractivity contribution in [1.82, 2.24) is 4.98 Å². The zero-order chi connectivity index (χ0) is 9.97. The normalized spacial score (nSPS) is 12.6. The summed E-state index contributed by atoms with van der Waals surface area (Å²) in [6.45, 7) is 0. The summed E-state index contributed by atoms with van der Waals surface area (Å²) in [5.41, 5.74) is 7.94. The van der Waals surface area contributed by atoms with Gasteiger partial charge in [-0.2, -0.15) is 5.26 Å². The molecule has 0 amide bonds. The van der Waals surface area contributed by atoms with Gasteiger partial charge in [0.05, 0.1) is 12.5 Å². The van der Waals surface area contributed by atoms with Crippen LogP contribution in [0.1, 0.15) is 18.0 Å². The maximum atomic E-state index is 8.54. The lowest BCUT2D eigenvalue weighted by atomic mass is 10.0. The van der Waals surface area contributed by atoms with Crippen molar-refractivity contribution in [3.8, 4) is 6.07 Å². The molecule has 0 aliphatic rings. The molecule has 14 heavy (non-hydrogen) atoms. The summed E-state index contributed by atoms with van der Waals surface area (Å²) in [5, 5.41) is 9.67. The van der Waals surface area contributed by atoms with Crippen LogP contribution < -0.4 is 5.73 Å². The van der Waals surface area contributed by atoms with Crippen molar-refractivity contribution < 1.29 is 0 Å². The molecular formula is C11H11N3. The molecule has 0 bridgehead atoms. The Morgan fingerprint density at radius 2 is 2.29 bits per heavy atom. The zero-order valence-electron chi connectivity index (χ0n) is 7.70. The van der Waals surface area contributed by atoms with Crippen molar-refractivity contribution >= 4 is 10.9 Å². The second-order valence-electron chi connectivity index (χ2n) is 3.29. The van der Waals surface area contributed by atoms with Crippen LogP contribution in [0.2, 0.25) is 0 Å². The number of nitrogens with one attached hydrogen (secondary N) is 1. The Morgan fingerprint density at radius 1 is 1.43 bits per heavy atom. The van der Waals surface area contributed by atoms with Crippen LogP contribution in [0.3, 0.4) is 0 Å². The SMILES string of the molecule is N#CC[C@@H](N)c1ccc2[nH]ccc2c1. The summed E-state index contributed by atoms with van der Waals surface area (Å²) in [6, 6.07) is 9.86. The smallest absolute Gasteiger partial charge is 0.0641 e. The van der Waals surface area contributed by atoms with Crippen LogP contribution in [0.15, 0.2) is 30.5 Å². The Balaban J connectivity index is 2.39. The number of benzene rings is 1. The van der Waals surface area contributed by atoms with Crippen LogP contribution >= 0.6 is 0 Å². The molecule has 3 nitrogen and oxygen atoms in total. The Hall–Kier alpha value is -1.79. The van der Waals surface area contributed by atoms with Crippen LogP contribution in [0, 0.1) is 11.3 Å². The minimum atomic E-state index is -0.181. The van der Waals surface area contributed by atoms with Gasteiger partial charge in [-0.15, -0.1) is 0 Å². The first kappa shape index (κ1) is 8.79. The van der Waals surface area contributed by atoms with Crippen LogP contribution in [-0.2, 0) is 0 Å². The number of fused-ring (bicyclic) bond motifs is 1. The van der Waals surface area contributed by atoms with Crippen molar-refractivity contribution in [2.75, 3.05) is 0 Å². The molecule has 1 heterocycles. The Labute approximate surface area is 82.1 Å². The molecule has 2 rings (SSSR count). The molecule has 0 unspecified atom stereocenters. The molecule has 1 aromatic carbocycles. The number of aromatic nitrogens is 1. The molecule has 0 radical (unpaired) electrons. The van der Waals surface area contributed by atoms with E-state index in [9.17, 15) is 0 Å². The van der Waals surface area contributed by atoms with Crippen molar-refractivity contribution in [1.29, 1.82) is 5.26 Å². The Bertz CT molecular complexity index is 478. The molecule has 0 saturated carbocycles. The molecule has 70 valence electrons. The van der Waals surface area contributed by atoms with Crippen LogP contribution in [0.5, 0.6) is 0 Å². The molecule has 3 N–H and O–H groups in total. The van der Waals surface area contributed by atoms with Crippen LogP contribution in [0.4, 0.5) is 0 Å². The second kappa shape index (κ2) is 3.52. The second-order valence-corrected chi connectivity index (χ2v) is 3.29. The highest BCUT2D eigenvalue weighted by Gasteiger charge is 2.05. The Morgan fingerprint density at radius 3 is 3.07 bits per heavy atom. The van der Waals surface area contributed by atoms with Gasteiger partial charge in [-0.3, -0.25) is 0 Å². The van der Waals surface area contributed by atoms with Crippen molar-refractivity contribution in [3.05, 3.63) is 36.0 Å². The molecule has 1 atom stereocenters. The van der Waals surface area contributed by atoms with Crippen LogP contribution in [0.25, 0.3) is 10.9 Å². The molecule has 0 saturated heterocycles. The number of hydrogen-bond acceptors (Lipinski definition) is 2. The first-order valence-corrected chi connectivity index (χ1v) is 4.51. The number of nitrogens with two attached hydrogens (primary N) is 1. The van der Waals surface area contributed by atoms with Gasteiger partial charge in [0, 0.05) is 17.8 Å². The first-order valence-electron chi connectivity index (χ1n) is 4.51. The van der Waals surface area contributed by atoms with Crippen molar-refractivity contribution in [2.45, 2.75) is 12.5 Å². The summed E-state index contributed by atoms with van der Waals surface area (Å²) < 4.78 is 0. The predicted molar refractivity (Wildman–Crippen MR) is 55.5 cm³/mol. The van der Waals surface area contributed by atoms with E-state index in [0.29, 0.717) is 6.42 Å². The standard InChI is InChI=1S/C11H11N3/c12-5-3-10(13)8-1-2-11-9(7-8)4-6-14-11/h1-2,4,6-7,10,14H,3,13H2/t10-/m1/s1. The van der Waals surface area contributed by atoms with E-state index in [1.54, 1.807) is 0 Å². The number of aromatic amines is 1. The van der Waals surface area contributed by atoms with E-state index in [2.05, 4.69) is 11.1 Å². The van der Waals surface area contributed by atoms with Gasteiger partial charge < -0.3 is 10.7 Å². The number of hydrogen-bond donors (Lipinski definition) is 2. The van der Waals surface area contributed by atoms with Gasteiger partial charge in [0.25, 0.3) is 0 Å². The summed E-state index contributed by atoms with van der Waals surface area (Å²) in [6.07, 6.45) is 2.25. The molecule has 2 aromatic rings. The number of H-pyrrole nitrogens is 1. The summed E-state index contributed by atoms with van der Waals surface area (Å²) in [5.74, 6) is 0. The van der Waals surface area contributed by atoms with Crippen molar-refractivity contribution in [3.63, 3.8) is 0 Å². The molecular weight excluding hydrogens is 174 g/mol. The highest BCUT2D eigenvalue weighted by atomic mass is 14.7. The minimum absolute atomic E-state index is 0.181. The van der Waals surface area contributed by atoms with Crippen molar-refractivity contribution in [2.24, 2.45) is 5.73 Å². The fourth-order valence-electron chi connectivity index (χ4n) is 1.52. The highest BCUT2D eigenvalue weighted by Crippen LogP contribution is 2.19. The number of nitrogens with zero attached hydrogens (tertiary/aromatic N) is 1. The topological polar surface area (TPSA) is 65.6 Å². The molecule has 0 aliphatic heterocycles. The van der Waals surface area contributed by atoms with E-state index in [4.69, 9.17) is 11.0 Å². The largest absolute Gasteiger partial charge is 0.361 e. The molecule has 0 fully saturated rings. The summed E-state index contributed by atoms with van der Waals surface area (Å²) in [4.78, 5) is 3.11. The molecule has 1 aromatic heterocycles. The van der Waals surface area contributed by atoms with Gasteiger partial charge in [-0.25, -0.2) is 0 Å². The fourth-order valence-corrected chi connectivity index (χ4v) is 1.52. The van der Waals surface area contributed by atoms with Gasteiger partial charge in [-0.05, 0) is 29.1 Å². The quantitative estimate of drug-likeness (QED) is 0.752. The molecule has 0 aliphatic carbocycles. The predicted octanol–water partition coefficient (Wildman–Crippen LogP) is 2.08. The van der Waals surface area contributed by atoms with Gasteiger partial charge in [0.15, 0.2) is 0 Å². The maximum absolute atomic E-state index is 8.54. The molecule has 3 heteroatoms. The Kier molecular flexibility index (Phi) is 2.21. The third-order valence-corrected chi connectivity index (χ3v) is 2.32. The highest BCUT2D eigenvalue weighted by molar-refractivity contribution is 5.80. The van der Waals surface area contributed by atoms with Crippen LogP contribution in [-0.4, -0.2) is 4.98 Å². The van der Waals surface area contributed by atoms with E-state index in [1.807, 2.05) is 30.5 Å². The summed E-state index contributed by atoms with van der Waals surface area (Å²) >= 11 is 0. The van der Waals surface area contributed by atoms with Gasteiger partial charge in [0.1, 0.15) is 0 Å². The fraction of sp³-hybridized carbons (Fsp3) is 0.182. The van der Waals surface area contributed by atoms with E-state index in [0.717, 1.165) is 16.5 Å². The van der Waals surface area contributed by atoms with E-state index < -0.39 is 0 Å². The lowest BCUT2D eigenvalue weighted by molar-refractivity contribution is 0.750. The van der Waals surface area contributed by atoms with E-state index in [1.165, 1.54) is 0 Å². The van der Waals surface area contributed by atoms with Gasteiger partial charge in [0.2, 0.25) is 0 Å². The summed E-state index contributed by atoms with van der Waals surface area (Å²) in [7, 11) is 0. The number of rotatable bonds is 2. The monoisotopic (exact) mass is 185 g/mol. The minimum Gasteiger partial charge on any atom is -0.361 e. The third kappa shape index (κ3) is 1.48. The zero-order valence-corrected chi connectivity index (χ0v) is 7.70. The average molecular weight is 185 g/mol. The van der Waals surface area contributed by atoms with Gasteiger partial charge in [-0.1, -0.05) is 6.07 Å². The molecule has 0 spiro atoms. The number of nitriles is 1. The third-order valence-electron chi connectivity index (χ3n) is 2.32. The maximum Gasteiger partial charge on any atom is 0.0641 e. The first-order chi connectivity index (χ1) is 6.81. The van der Waals surface area contributed by atoms with E-state index in [-0.39, 0.29) is 6.04 Å². The van der Waals surface area contributed by atoms with Gasteiger partial charge >= 0.3 is 0 Å².